The Kier molecular flexibility index (Phi) is 13.7. The van der Waals surface area contributed by atoms with Crippen LogP contribution in [-0.4, -0.2) is 58.0 Å². The van der Waals surface area contributed by atoms with E-state index in [1.165, 1.54) is 18.2 Å². The van der Waals surface area contributed by atoms with Crippen molar-refractivity contribution in [1.29, 1.82) is 0 Å². The van der Waals surface area contributed by atoms with Gasteiger partial charge in [-0.25, -0.2) is 17.9 Å². The van der Waals surface area contributed by atoms with Crippen molar-refractivity contribution in [2.75, 3.05) is 26.3 Å². The molecule has 28 heavy (non-hydrogen) atoms. The first-order chi connectivity index (χ1) is 13.1. The van der Waals surface area contributed by atoms with Gasteiger partial charge in [-0.15, -0.1) is 0 Å². The van der Waals surface area contributed by atoms with Crippen molar-refractivity contribution < 1.29 is 27.8 Å². The normalized spacial score (nSPS) is 11.4. The minimum atomic E-state index is -3.69. The molecule has 0 aromatic heterocycles. The molecule has 0 aliphatic carbocycles. The number of hydrogen-bond donors (Lipinski definition) is 3. The van der Waals surface area contributed by atoms with E-state index in [0.717, 1.165) is 25.6 Å². The molecule has 0 saturated heterocycles. The molecule has 1 aromatic carbocycles. The van der Waals surface area contributed by atoms with E-state index in [0.29, 0.717) is 19.1 Å². The molecule has 0 fully saturated rings. The van der Waals surface area contributed by atoms with Gasteiger partial charge in [-0.2, -0.15) is 0 Å². The summed E-state index contributed by atoms with van der Waals surface area (Å²) in [4.78, 5) is 10.8. The van der Waals surface area contributed by atoms with E-state index >= 15 is 0 Å². The minimum Gasteiger partial charge on any atom is -0.478 e. The first-order valence-corrected chi connectivity index (χ1v) is 10.8. The molecule has 162 valence electrons. The Morgan fingerprint density at radius 3 is 2.18 bits per heavy atom. The van der Waals surface area contributed by atoms with E-state index in [1.807, 2.05) is 27.7 Å². The summed E-state index contributed by atoms with van der Waals surface area (Å²) in [5.41, 5.74) is 5.18. The van der Waals surface area contributed by atoms with Gasteiger partial charge in [-0.05, 0) is 65.3 Å². The molecule has 0 aliphatic heterocycles. The van der Waals surface area contributed by atoms with Crippen LogP contribution in [0.5, 0.6) is 0 Å². The van der Waals surface area contributed by atoms with E-state index < -0.39 is 16.0 Å². The third-order valence-corrected chi connectivity index (χ3v) is 4.71. The highest BCUT2D eigenvalue weighted by Crippen LogP contribution is 2.11. The summed E-state index contributed by atoms with van der Waals surface area (Å²) in [7, 11) is -3.69. The van der Waals surface area contributed by atoms with Gasteiger partial charge in [0.2, 0.25) is 10.0 Å². The topological polar surface area (TPSA) is 128 Å². The lowest BCUT2D eigenvalue weighted by molar-refractivity contribution is 0.0696. The first-order valence-electron chi connectivity index (χ1n) is 9.36. The SMILES string of the molecule is CC(C)OCCCN.CC(C)OCCCNS(=O)(=O)c1cccc(C(=O)O)c1. The molecule has 0 aliphatic rings. The molecule has 0 spiro atoms. The van der Waals surface area contributed by atoms with Crippen molar-refractivity contribution in [2.24, 2.45) is 5.73 Å². The largest absolute Gasteiger partial charge is 0.478 e. The van der Waals surface area contributed by atoms with Crippen LogP contribution in [0.2, 0.25) is 0 Å². The highest BCUT2D eigenvalue weighted by molar-refractivity contribution is 7.89. The molecule has 0 radical (unpaired) electrons. The molecule has 9 heteroatoms. The first kappa shape index (κ1) is 26.5. The van der Waals surface area contributed by atoms with Crippen LogP contribution in [0, 0.1) is 0 Å². The molecule has 8 nitrogen and oxygen atoms in total. The number of nitrogens with one attached hydrogen (secondary N) is 1. The van der Waals surface area contributed by atoms with Gasteiger partial charge in [-0.3, -0.25) is 0 Å². The van der Waals surface area contributed by atoms with Crippen LogP contribution in [0.3, 0.4) is 0 Å². The molecule has 0 unspecified atom stereocenters. The van der Waals surface area contributed by atoms with Crippen LogP contribution >= 0.6 is 0 Å². The molecule has 4 N–H and O–H groups in total. The van der Waals surface area contributed by atoms with Gasteiger partial charge in [0, 0.05) is 19.8 Å². The van der Waals surface area contributed by atoms with Crippen LogP contribution in [0.25, 0.3) is 0 Å². The quantitative estimate of drug-likeness (QED) is 0.444. The fraction of sp³-hybridized carbons (Fsp3) is 0.632. The number of benzene rings is 1. The Morgan fingerprint density at radius 2 is 1.68 bits per heavy atom. The van der Waals surface area contributed by atoms with Crippen LogP contribution in [0.4, 0.5) is 0 Å². The molecular weight excluding hydrogens is 384 g/mol. The average Bonchev–Trinajstić information content (AvgIpc) is 2.61. The second kappa shape index (κ2) is 14.5. The Morgan fingerprint density at radius 1 is 1.11 bits per heavy atom. The number of carboxylic acids is 1. The van der Waals surface area contributed by atoms with Crippen molar-refractivity contribution in [1.82, 2.24) is 4.72 Å². The van der Waals surface area contributed by atoms with Gasteiger partial charge >= 0.3 is 5.97 Å². The lowest BCUT2D eigenvalue weighted by Crippen LogP contribution is -2.26. The second-order valence-corrected chi connectivity index (χ2v) is 8.33. The Hall–Kier alpha value is -1.52. The summed E-state index contributed by atoms with van der Waals surface area (Å²) in [6, 6.07) is 5.24. The summed E-state index contributed by atoms with van der Waals surface area (Å²) in [6.45, 7) is 10.1. The lowest BCUT2D eigenvalue weighted by Gasteiger charge is -2.09. The number of rotatable bonds is 12. The highest BCUT2D eigenvalue weighted by atomic mass is 32.2. The van der Waals surface area contributed by atoms with E-state index in [9.17, 15) is 13.2 Å². The monoisotopic (exact) mass is 418 g/mol. The van der Waals surface area contributed by atoms with Crippen molar-refractivity contribution in [3.05, 3.63) is 29.8 Å². The molecule has 0 heterocycles. The molecule has 0 amide bonds. The van der Waals surface area contributed by atoms with Crippen molar-refractivity contribution in [2.45, 2.75) is 57.6 Å². The smallest absolute Gasteiger partial charge is 0.335 e. The Labute approximate surface area is 168 Å². The standard InChI is InChI=1S/C13H19NO5S.C6H15NO/c1-10(2)19-8-4-7-14-20(17,18)12-6-3-5-11(9-12)13(15)16;1-6(2)8-5-3-4-7/h3,5-6,9-10,14H,4,7-8H2,1-2H3,(H,15,16);6H,3-5,7H2,1-2H3. The second-order valence-electron chi connectivity index (χ2n) is 6.57. The number of carboxylic acid groups (broad SMARTS) is 1. The predicted molar refractivity (Wildman–Crippen MR) is 109 cm³/mol. The maximum absolute atomic E-state index is 12.0. The van der Waals surface area contributed by atoms with Gasteiger partial charge in [0.05, 0.1) is 22.7 Å². The molecule has 1 rings (SSSR count). The molecule has 1 aromatic rings. The third kappa shape index (κ3) is 12.8. The fourth-order valence-corrected chi connectivity index (χ4v) is 3.00. The van der Waals surface area contributed by atoms with Crippen LogP contribution in [-0.2, 0) is 19.5 Å². The number of nitrogens with two attached hydrogens (primary N) is 1. The van der Waals surface area contributed by atoms with Gasteiger partial charge in [-0.1, -0.05) is 6.07 Å². The third-order valence-electron chi connectivity index (χ3n) is 3.26. The molecule has 0 atom stereocenters. The van der Waals surface area contributed by atoms with Crippen molar-refractivity contribution >= 4 is 16.0 Å². The van der Waals surface area contributed by atoms with E-state index in [4.69, 9.17) is 20.3 Å². The predicted octanol–water partition coefficient (Wildman–Crippen LogP) is 2.24. The maximum atomic E-state index is 12.0. The molecular formula is C19H34N2O6S. The van der Waals surface area contributed by atoms with Crippen LogP contribution in [0.1, 0.15) is 50.9 Å². The maximum Gasteiger partial charge on any atom is 0.335 e. The number of sulfonamides is 1. The van der Waals surface area contributed by atoms with Crippen LogP contribution in [0.15, 0.2) is 29.2 Å². The van der Waals surface area contributed by atoms with E-state index in [1.54, 1.807) is 0 Å². The van der Waals surface area contributed by atoms with Crippen LogP contribution < -0.4 is 10.5 Å². The summed E-state index contributed by atoms with van der Waals surface area (Å²) in [6.07, 6.45) is 1.98. The summed E-state index contributed by atoms with van der Waals surface area (Å²) < 4.78 is 36.8. The number of ether oxygens (including phenoxy) is 2. The van der Waals surface area contributed by atoms with E-state index in [2.05, 4.69) is 4.72 Å². The van der Waals surface area contributed by atoms with Gasteiger partial charge < -0.3 is 20.3 Å². The summed E-state index contributed by atoms with van der Waals surface area (Å²) in [5.74, 6) is -1.16. The van der Waals surface area contributed by atoms with Gasteiger partial charge in [0.25, 0.3) is 0 Å². The highest BCUT2D eigenvalue weighted by Gasteiger charge is 2.15. The Balaban J connectivity index is 0.000000769. The number of carbonyl (C=O) groups is 1. The average molecular weight is 419 g/mol. The van der Waals surface area contributed by atoms with Crippen molar-refractivity contribution in [3.8, 4) is 0 Å². The lowest BCUT2D eigenvalue weighted by atomic mass is 10.2. The fourth-order valence-electron chi connectivity index (χ4n) is 1.88. The zero-order valence-corrected chi connectivity index (χ0v) is 18.0. The van der Waals surface area contributed by atoms with Gasteiger partial charge in [0.1, 0.15) is 0 Å². The minimum absolute atomic E-state index is 0.0535. The van der Waals surface area contributed by atoms with E-state index in [-0.39, 0.29) is 23.1 Å². The van der Waals surface area contributed by atoms with Gasteiger partial charge in [0.15, 0.2) is 0 Å². The molecule has 0 bridgehead atoms. The Bertz CT molecular complexity index is 662. The number of aromatic carboxylic acids is 1. The van der Waals surface area contributed by atoms with Crippen molar-refractivity contribution in [3.63, 3.8) is 0 Å². The zero-order chi connectivity index (χ0) is 21.6. The number of hydrogen-bond acceptors (Lipinski definition) is 6. The zero-order valence-electron chi connectivity index (χ0n) is 17.2. The summed E-state index contributed by atoms with van der Waals surface area (Å²) >= 11 is 0. The summed E-state index contributed by atoms with van der Waals surface area (Å²) in [5, 5.41) is 8.84. The molecule has 0 saturated carbocycles.